The number of hydrogen-bond donors (Lipinski definition) is 1. The average Bonchev–Trinajstić information content (AvgIpc) is 2.67. The summed E-state index contributed by atoms with van der Waals surface area (Å²) in [6, 6.07) is 0.167. The molecule has 0 bridgehead atoms. The van der Waals surface area contributed by atoms with Gasteiger partial charge in [-0.3, -0.25) is 9.59 Å². The Hall–Kier alpha value is -1.10. The Morgan fingerprint density at radius 3 is 2.40 bits per heavy atom. The minimum absolute atomic E-state index is 0.0598. The summed E-state index contributed by atoms with van der Waals surface area (Å²) >= 11 is 0. The van der Waals surface area contributed by atoms with E-state index in [1.807, 2.05) is 11.8 Å². The first-order valence-corrected chi connectivity index (χ1v) is 7.62. The quantitative estimate of drug-likeness (QED) is 0.829. The molecule has 4 atom stereocenters. The maximum absolute atomic E-state index is 12.8. The van der Waals surface area contributed by atoms with Gasteiger partial charge in [-0.15, -0.1) is 0 Å². The van der Waals surface area contributed by atoms with Gasteiger partial charge in [0.2, 0.25) is 5.91 Å². The highest BCUT2D eigenvalue weighted by atomic mass is 16.4. The molecule has 1 N–H and O–H groups in total. The van der Waals surface area contributed by atoms with Gasteiger partial charge in [-0.25, -0.2) is 0 Å². The lowest BCUT2D eigenvalue weighted by Gasteiger charge is -2.31. The van der Waals surface area contributed by atoms with Crippen LogP contribution in [0.25, 0.3) is 0 Å². The van der Waals surface area contributed by atoms with E-state index in [0.717, 1.165) is 32.5 Å². The van der Waals surface area contributed by atoms with Crippen molar-refractivity contribution in [1.82, 2.24) is 9.80 Å². The number of rotatable bonds is 2. The van der Waals surface area contributed by atoms with E-state index in [-0.39, 0.29) is 17.9 Å². The van der Waals surface area contributed by atoms with Gasteiger partial charge in [-0.2, -0.15) is 0 Å². The average molecular weight is 282 g/mol. The van der Waals surface area contributed by atoms with Crippen LogP contribution >= 0.6 is 0 Å². The second kappa shape index (κ2) is 6.12. The van der Waals surface area contributed by atoms with Gasteiger partial charge in [0.05, 0.1) is 11.8 Å². The van der Waals surface area contributed by atoms with Crippen LogP contribution in [-0.2, 0) is 9.59 Å². The van der Waals surface area contributed by atoms with Crippen LogP contribution in [0.15, 0.2) is 0 Å². The molecule has 0 radical (unpaired) electrons. The fraction of sp³-hybridized carbons (Fsp3) is 0.867. The van der Waals surface area contributed by atoms with Gasteiger partial charge in [0.15, 0.2) is 0 Å². The van der Waals surface area contributed by atoms with E-state index >= 15 is 0 Å². The van der Waals surface area contributed by atoms with Crippen molar-refractivity contribution < 1.29 is 14.7 Å². The Morgan fingerprint density at radius 1 is 1.10 bits per heavy atom. The summed E-state index contributed by atoms with van der Waals surface area (Å²) in [6.45, 7) is 6.72. The molecule has 114 valence electrons. The molecule has 1 aliphatic carbocycles. The Bertz CT molecular complexity index is 385. The fourth-order valence-corrected chi connectivity index (χ4v) is 3.75. The maximum Gasteiger partial charge on any atom is 0.307 e. The van der Waals surface area contributed by atoms with Crippen LogP contribution in [0.2, 0.25) is 0 Å². The Balaban J connectivity index is 2.11. The van der Waals surface area contributed by atoms with E-state index in [2.05, 4.69) is 18.9 Å². The molecule has 1 aliphatic heterocycles. The van der Waals surface area contributed by atoms with Crippen molar-refractivity contribution in [3.05, 3.63) is 0 Å². The molecule has 0 spiro atoms. The highest BCUT2D eigenvalue weighted by Gasteiger charge is 2.43. The Labute approximate surface area is 120 Å². The molecule has 5 nitrogen and oxygen atoms in total. The minimum Gasteiger partial charge on any atom is -0.481 e. The second-order valence-corrected chi connectivity index (χ2v) is 6.62. The zero-order valence-corrected chi connectivity index (χ0v) is 12.7. The SMILES string of the molecule is CC1CC(C(=O)O)C(C(=O)N2CCCN(C)CC2C)C1. The number of amides is 1. The van der Waals surface area contributed by atoms with E-state index in [0.29, 0.717) is 12.3 Å². The van der Waals surface area contributed by atoms with Crippen LogP contribution in [-0.4, -0.2) is 59.5 Å². The molecule has 4 unspecified atom stereocenters. The van der Waals surface area contributed by atoms with Crippen molar-refractivity contribution in [2.75, 3.05) is 26.7 Å². The molecule has 2 fully saturated rings. The third-order valence-corrected chi connectivity index (χ3v) is 4.76. The number of carbonyl (C=O) groups excluding carboxylic acids is 1. The first kappa shape index (κ1) is 15.3. The molecular weight excluding hydrogens is 256 g/mol. The van der Waals surface area contributed by atoms with E-state index in [4.69, 9.17) is 0 Å². The van der Waals surface area contributed by atoms with Gasteiger partial charge in [0.25, 0.3) is 0 Å². The monoisotopic (exact) mass is 282 g/mol. The smallest absolute Gasteiger partial charge is 0.307 e. The zero-order chi connectivity index (χ0) is 14.9. The molecule has 2 aliphatic rings. The molecule has 0 aromatic carbocycles. The predicted molar refractivity (Wildman–Crippen MR) is 76.3 cm³/mol. The fourth-order valence-electron chi connectivity index (χ4n) is 3.75. The van der Waals surface area contributed by atoms with Gasteiger partial charge in [0.1, 0.15) is 0 Å². The number of carboxylic acids is 1. The highest BCUT2D eigenvalue weighted by molar-refractivity contribution is 5.85. The summed E-state index contributed by atoms with van der Waals surface area (Å²) in [4.78, 5) is 28.3. The first-order chi connectivity index (χ1) is 9.40. The normalized spacial score (nSPS) is 35.9. The summed E-state index contributed by atoms with van der Waals surface area (Å²) in [5.74, 6) is -1.24. The van der Waals surface area contributed by atoms with Gasteiger partial charge >= 0.3 is 5.97 Å². The topological polar surface area (TPSA) is 60.9 Å². The number of carbonyl (C=O) groups is 2. The maximum atomic E-state index is 12.8. The molecular formula is C15H26N2O3. The standard InChI is InChI=1S/C15H26N2O3/c1-10-7-12(13(8-10)15(19)20)14(18)17-6-4-5-16(3)9-11(17)2/h10-13H,4-9H2,1-3H3,(H,19,20). The minimum atomic E-state index is -0.813. The van der Waals surface area contributed by atoms with Crippen LogP contribution in [0.3, 0.4) is 0 Å². The van der Waals surface area contributed by atoms with Crippen LogP contribution in [0.1, 0.15) is 33.1 Å². The summed E-state index contributed by atoms with van der Waals surface area (Å²) in [5, 5.41) is 9.33. The van der Waals surface area contributed by atoms with Gasteiger partial charge in [-0.05, 0) is 45.7 Å². The molecule has 1 saturated heterocycles. The molecule has 2 rings (SSSR count). The summed E-state index contributed by atoms with van der Waals surface area (Å²) < 4.78 is 0. The van der Waals surface area contributed by atoms with Crippen molar-refractivity contribution in [2.45, 2.75) is 39.2 Å². The van der Waals surface area contributed by atoms with E-state index < -0.39 is 11.9 Å². The summed E-state index contributed by atoms with van der Waals surface area (Å²) in [7, 11) is 2.07. The second-order valence-electron chi connectivity index (χ2n) is 6.62. The van der Waals surface area contributed by atoms with Crippen molar-refractivity contribution in [3.63, 3.8) is 0 Å². The lowest BCUT2D eigenvalue weighted by Crippen LogP contribution is -2.46. The molecule has 1 saturated carbocycles. The van der Waals surface area contributed by atoms with Crippen molar-refractivity contribution in [1.29, 1.82) is 0 Å². The van der Waals surface area contributed by atoms with E-state index in [9.17, 15) is 14.7 Å². The predicted octanol–water partition coefficient (Wildman–Crippen LogP) is 1.29. The third-order valence-electron chi connectivity index (χ3n) is 4.76. The van der Waals surface area contributed by atoms with Crippen LogP contribution in [0.5, 0.6) is 0 Å². The van der Waals surface area contributed by atoms with Crippen LogP contribution < -0.4 is 0 Å². The number of aliphatic carboxylic acids is 1. The first-order valence-electron chi connectivity index (χ1n) is 7.62. The van der Waals surface area contributed by atoms with E-state index in [1.54, 1.807) is 0 Å². The largest absolute Gasteiger partial charge is 0.481 e. The molecule has 20 heavy (non-hydrogen) atoms. The Kier molecular flexibility index (Phi) is 4.68. The number of hydrogen-bond acceptors (Lipinski definition) is 3. The number of likely N-dealkylation sites (N-methyl/N-ethyl adjacent to an activating group) is 1. The van der Waals surface area contributed by atoms with Gasteiger partial charge in [0, 0.05) is 19.1 Å². The van der Waals surface area contributed by atoms with Crippen LogP contribution in [0.4, 0.5) is 0 Å². The number of carboxylic acid groups (broad SMARTS) is 1. The summed E-state index contributed by atoms with van der Waals surface area (Å²) in [6.07, 6.45) is 2.31. The lowest BCUT2D eigenvalue weighted by molar-refractivity contribution is -0.149. The molecule has 1 heterocycles. The van der Waals surface area contributed by atoms with Crippen LogP contribution in [0, 0.1) is 17.8 Å². The zero-order valence-electron chi connectivity index (χ0n) is 12.7. The van der Waals surface area contributed by atoms with E-state index in [1.165, 1.54) is 0 Å². The highest BCUT2D eigenvalue weighted by Crippen LogP contribution is 2.38. The van der Waals surface area contributed by atoms with Gasteiger partial charge in [-0.1, -0.05) is 6.92 Å². The van der Waals surface area contributed by atoms with Crippen molar-refractivity contribution >= 4 is 11.9 Å². The molecule has 0 aromatic rings. The molecule has 0 aromatic heterocycles. The van der Waals surface area contributed by atoms with Crippen molar-refractivity contribution in [2.24, 2.45) is 17.8 Å². The number of nitrogens with zero attached hydrogens (tertiary/aromatic N) is 2. The lowest BCUT2D eigenvalue weighted by atomic mass is 9.94. The van der Waals surface area contributed by atoms with Crippen molar-refractivity contribution in [3.8, 4) is 0 Å². The summed E-state index contributed by atoms with van der Waals surface area (Å²) in [5.41, 5.74) is 0. The molecule has 1 amide bonds. The third kappa shape index (κ3) is 3.14. The Morgan fingerprint density at radius 2 is 1.75 bits per heavy atom. The van der Waals surface area contributed by atoms with Gasteiger partial charge < -0.3 is 14.9 Å². The molecule has 5 heteroatoms.